The van der Waals surface area contributed by atoms with Gasteiger partial charge in [0.1, 0.15) is 17.2 Å². The number of likely N-dealkylation sites (tertiary alicyclic amines) is 1. The summed E-state index contributed by atoms with van der Waals surface area (Å²) >= 11 is 1.61. The molecule has 14 nitrogen and oxygen atoms in total. The van der Waals surface area contributed by atoms with Gasteiger partial charge < -0.3 is 26.8 Å². The van der Waals surface area contributed by atoms with Gasteiger partial charge in [0.05, 0.1) is 23.9 Å². The van der Waals surface area contributed by atoms with Crippen LogP contribution >= 0.6 is 11.8 Å². The second-order valence-electron chi connectivity index (χ2n) is 13.5. The van der Waals surface area contributed by atoms with Crippen molar-refractivity contribution in [3.63, 3.8) is 0 Å². The van der Waals surface area contributed by atoms with Gasteiger partial charge in [0.25, 0.3) is 5.91 Å². The standard InChI is InChI=1S/C32H44N8O6S/c1-31(2,46)25-17-36-38-40(25)20-15-24(29(44)37-32(26(41)28(34)43)9-12-47-13-10-32)39(18-20)30(45)22(14-19-6-4-3-5-7-19)23-16-35-11-8-21(23)27(33)42/h8,11,16-17,19-20,22,24,46H,3-7,9-10,12-15,18H2,1-2H3,(H2,33,42)(H2,34,43)(H,37,44)/t20-,22+,24-/m0/s1. The molecule has 5 rings (SSSR count). The van der Waals surface area contributed by atoms with Gasteiger partial charge in [0.2, 0.25) is 23.5 Å². The van der Waals surface area contributed by atoms with Gasteiger partial charge in [0.15, 0.2) is 0 Å². The molecule has 2 saturated heterocycles. The van der Waals surface area contributed by atoms with Crippen molar-refractivity contribution in [1.82, 2.24) is 30.2 Å². The number of carbonyl (C=O) groups is 5. The Kier molecular flexibility index (Phi) is 10.3. The molecule has 2 aromatic heterocycles. The van der Waals surface area contributed by atoms with E-state index < -0.39 is 52.6 Å². The van der Waals surface area contributed by atoms with Crippen molar-refractivity contribution >= 4 is 41.2 Å². The van der Waals surface area contributed by atoms with Crippen LogP contribution in [0.25, 0.3) is 0 Å². The summed E-state index contributed by atoms with van der Waals surface area (Å²) in [6.45, 7) is 3.24. The average Bonchev–Trinajstić information content (AvgIpc) is 3.72. The lowest BCUT2D eigenvalue weighted by Crippen LogP contribution is -2.62. The fraction of sp³-hybridized carbons (Fsp3) is 0.625. The van der Waals surface area contributed by atoms with Gasteiger partial charge in [-0.1, -0.05) is 37.3 Å². The molecule has 15 heteroatoms. The molecule has 3 fully saturated rings. The molecule has 0 bridgehead atoms. The maximum Gasteiger partial charge on any atom is 0.287 e. The summed E-state index contributed by atoms with van der Waals surface area (Å²) < 4.78 is 1.53. The third-order valence-corrected chi connectivity index (χ3v) is 10.8. The van der Waals surface area contributed by atoms with Gasteiger partial charge in [-0.3, -0.25) is 29.0 Å². The Morgan fingerprint density at radius 3 is 2.45 bits per heavy atom. The number of carbonyl (C=O) groups excluding carboxylic acids is 5. The first-order valence-electron chi connectivity index (χ1n) is 16.2. The number of nitrogens with one attached hydrogen (secondary N) is 1. The van der Waals surface area contributed by atoms with E-state index in [0.29, 0.717) is 29.2 Å². The molecule has 0 unspecified atom stereocenters. The SMILES string of the molecule is CC(C)(O)c1cnnn1[C@H]1C[C@@H](C(=O)NC2(C(=O)C(N)=O)CCSCC2)N(C(=O)[C@H](CC2CCCCC2)c2cnccc2C(N)=O)C1. The number of primary amides is 2. The predicted molar refractivity (Wildman–Crippen MR) is 173 cm³/mol. The molecule has 3 atom stereocenters. The minimum absolute atomic E-state index is 0.0450. The molecule has 1 saturated carbocycles. The summed E-state index contributed by atoms with van der Waals surface area (Å²) in [5.41, 5.74) is 9.41. The Morgan fingerprint density at radius 1 is 1.11 bits per heavy atom. The van der Waals surface area contributed by atoms with Crippen LogP contribution in [0.1, 0.15) is 105 Å². The highest BCUT2D eigenvalue weighted by molar-refractivity contribution is 7.99. The highest BCUT2D eigenvalue weighted by Gasteiger charge is 2.49. The van der Waals surface area contributed by atoms with E-state index in [1.807, 2.05) is 0 Å². The van der Waals surface area contributed by atoms with Crippen LogP contribution in [0.4, 0.5) is 0 Å². The summed E-state index contributed by atoms with van der Waals surface area (Å²) in [4.78, 5) is 72.6. The number of nitrogens with two attached hydrogens (primary N) is 2. The van der Waals surface area contributed by atoms with Crippen molar-refractivity contribution in [3.8, 4) is 0 Å². The molecule has 0 spiro atoms. The molecule has 1 aliphatic carbocycles. The first-order valence-corrected chi connectivity index (χ1v) is 17.4. The normalized spacial score (nSPS) is 22.4. The summed E-state index contributed by atoms with van der Waals surface area (Å²) in [6, 6.07) is -0.120. The smallest absolute Gasteiger partial charge is 0.287 e. The Morgan fingerprint density at radius 2 is 1.81 bits per heavy atom. The van der Waals surface area contributed by atoms with Crippen molar-refractivity contribution in [2.45, 2.75) is 101 Å². The molecular weight excluding hydrogens is 624 g/mol. The van der Waals surface area contributed by atoms with E-state index in [2.05, 4.69) is 20.6 Å². The molecule has 2 aliphatic heterocycles. The number of aromatic nitrogens is 4. The van der Waals surface area contributed by atoms with Crippen LogP contribution in [0.2, 0.25) is 0 Å². The fourth-order valence-electron chi connectivity index (χ4n) is 7.34. The summed E-state index contributed by atoms with van der Waals surface area (Å²) in [7, 11) is 0. The summed E-state index contributed by atoms with van der Waals surface area (Å²) in [5.74, 6) is -3.16. The monoisotopic (exact) mass is 668 g/mol. The minimum Gasteiger partial charge on any atom is -0.384 e. The quantitative estimate of drug-likeness (QED) is 0.252. The van der Waals surface area contributed by atoms with E-state index >= 15 is 0 Å². The number of nitrogens with zero attached hydrogens (tertiary/aromatic N) is 5. The Balaban J connectivity index is 1.55. The van der Waals surface area contributed by atoms with E-state index in [-0.39, 0.29) is 43.2 Å². The van der Waals surface area contributed by atoms with Gasteiger partial charge in [-0.25, -0.2) is 4.68 Å². The zero-order chi connectivity index (χ0) is 33.9. The van der Waals surface area contributed by atoms with Crippen LogP contribution < -0.4 is 16.8 Å². The lowest BCUT2D eigenvalue weighted by Gasteiger charge is -2.37. The third-order valence-electron chi connectivity index (χ3n) is 9.86. The first kappa shape index (κ1) is 34.5. The molecule has 4 heterocycles. The molecular formula is C32H44N8O6S. The van der Waals surface area contributed by atoms with E-state index in [1.165, 1.54) is 34.2 Å². The molecule has 6 N–H and O–H groups in total. The van der Waals surface area contributed by atoms with Crippen LogP contribution in [0.3, 0.4) is 0 Å². The summed E-state index contributed by atoms with van der Waals surface area (Å²) in [5, 5.41) is 21.9. The number of pyridine rings is 1. The van der Waals surface area contributed by atoms with Gasteiger partial charge in [-0.05, 0) is 62.2 Å². The van der Waals surface area contributed by atoms with Crippen molar-refractivity contribution in [3.05, 3.63) is 41.5 Å². The number of aliphatic hydroxyl groups is 1. The van der Waals surface area contributed by atoms with E-state index in [1.54, 1.807) is 25.6 Å². The van der Waals surface area contributed by atoms with Crippen LogP contribution in [-0.2, 0) is 24.8 Å². The zero-order valence-electron chi connectivity index (χ0n) is 26.9. The summed E-state index contributed by atoms with van der Waals surface area (Å²) in [6.07, 6.45) is 10.5. The topological polar surface area (TPSA) is 216 Å². The van der Waals surface area contributed by atoms with Gasteiger partial charge in [-0.2, -0.15) is 11.8 Å². The zero-order valence-corrected chi connectivity index (χ0v) is 27.7. The van der Waals surface area contributed by atoms with Gasteiger partial charge >= 0.3 is 0 Å². The van der Waals surface area contributed by atoms with Crippen molar-refractivity contribution in [2.75, 3.05) is 18.1 Å². The van der Waals surface area contributed by atoms with Gasteiger partial charge in [-0.15, -0.1) is 5.10 Å². The van der Waals surface area contributed by atoms with Gasteiger partial charge in [0, 0.05) is 30.9 Å². The number of thioether (sulfide) groups is 1. The number of amides is 4. The molecule has 2 aromatic rings. The first-order chi connectivity index (χ1) is 22.3. The lowest BCUT2D eigenvalue weighted by atomic mass is 9.79. The second-order valence-corrected chi connectivity index (χ2v) is 14.7. The van der Waals surface area contributed by atoms with Crippen LogP contribution in [-0.4, -0.2) is 89.0 Å². The highest BCUT2D eigenvalue weighted by Crippen LogP contribution is 2.39. The fourth-order valence-corrected chi connectivity index (χ4v) is 8.53. The molecule has 47 heavy (non-hydrogen) atoms. The number of ketones is 1. The maximum absolute atomic E-state index is 14.8. The lowest BCUT2D eigenvalue weighted by molar-refractivity contribution is -0.145. The van der Waals surface area contributed by atoms with Crippen molar-refractivity contribution in [2.24, 2.45) is 17.4 Å². The number of Topliss-reactive ketones (excluding diaryl/α,β-unsaturated/α-hetero) is 1. The highest BCUT2D eigenvalue weighted by atomic mass is 32.2. The van der Waals surface area contributed by atoms with Crippen molar-refractivity contribution in [1.29, 1.82) is 0 Å². The minimum atomic E-state index is -1.48. The average molecular weight is 669 g/mol. The maximum atomic E-state index is 14.8. The third kappa shape index (κ3) is 7.35. The second kappa shape index (κ2) is 14.1. The Labute approximate surface area is 277 Å². The number of rotatable bonds is 11. The molecule has 0 aromatic carbocycles. The van der Waals surface area contributed by atoms with Crippen molar-refractivity contribution < 1.29 is 29.1 Å². The number of hydrogen-bond acceptors (Lipinski definition) is 10. The Hall–Kier alpha value is -3.85. The van der Waals surface area contributed by atoms with Crippen LogP contribution in [0, 0.1) is 5.92 Å². The largest absolute Gasteiger partial charge is 0.384 e. The molecule has 4 amide bonds. The van der Waals surface area contributed by atoms with Crippen LogP contribution in [0.15, 0.2) is 24.7 Å². The predicted octanol–water partition coefficient (Wildman–Crippen LogP) is 1.33. The molecule has 0 radical (unpaired) electrons. The van der Waals surface area contributed by atoms with E-state index in [9.17, 15) is 29.1 Å². The number of hydrogen-bond donors (Lipinski definition) is 4. The van der Waals surface area contributed by atoms with Crippen LogP contribution in [0.5, 0.6) is 0 Å². The molecule has 254 valence electrons. The Bertz CT molecular complexity index is 1510. The molecule has 3 aliphatic rings. The van der Waals surface area contributed by atoms with E-state index in [4.69, 9.17) is 11.5 Å². The van der Waals surface area contributed by atoms with E-state index in [0.717, 1.165) is 32.1 Å².